The van der Waals surface area contributed by atoms with E-state index >= 15 is 0 Å². The highest BCUT2D eigenvalue weighted by Gasteiger charge is 2.41. The van der Waals surface area contributed by atoms with E-state index < -0.39 is 35.8 Å². The number of benzene rings is 1. The minimum atomic E-state index is -5.07. The maximum absolute atomic E-state index is 12.4. The van der Waals surface area contributed by atoms with Crippen molar-refractivity contribution in [2.24, 2.45) is 5.73 Å². The molecule has 0 saturated heterocycles. The number of halogens is 6. The van der Waals surface area contributed by atoms with Crippen LogP contribution in [0.2, 0.25) is 0 Å². The van der Waals surface area contributed by atoms with Crippen LogP contribution in [0, 0.1) is 0 Å². The molecule has 0 aliphatic heterocycles. The summed E-state index contributed by atoms with van der Waals surface area (Å²) in [6.45, 7) is -0.494. The van der Waals surface area contributed by atoms with Gasteiger partial charge in [-0.05, 0) is 17.7 Å². The number of hydrogen-bond donors (Lipinski definition) is 2. The number of rotatable bonds is 1. The first-order valence-corrected chi connectivity index (χ1v) is 4.27. The van der Waals surface area contributed by atoms with Gasteiger partial charge >= 0.3 is 12.4 Å². The Morgan fingerprint density at radius 3 is 1.53 bits per heavy atom. The van der Waals surface area contributed by atoms with Gasteiger partial charge in [0.2, 0.25) is 0 Å². The van der Waals surface area contributed by atoms with Gasteiger partial charge < -0.3 is 10.8 Å². The smallest absolute Gasteiger partial charge is 0.419 e. The fourth-order valence-electron chi connectivity index (χ4n) is 1.24. The van der Waals surface area contributed by atoms with Crippen molar-refractivity contribution in [1.82, 2.24) is 0 Å². The molecule has 0 heterocycles. The average Bonchev–Trinajstić information content (AvgIpc) is 2.14. The Kier molecular flexibility index (Phi) is 3.28. The third kappa shape index (κ3) is 2.82. The molecule has 0 aliphatic rings. The quantitative estimate of drug-likeness (QED) is 0.762. The number of aromatic hydroxyl groups is 1. The number of nitrogens with two attached hydrogens (primary N) is 1. The first-order valence-electron chi connectivity index (χ1n) is 4.27. The molecule has 0 aliphatic carbocycles. The van der Waals surface area contributed by atoms with Crippen molar-refractivity contribution in [3.8, 4) is 5.75 Å². The molecule has 0 aromatic heterocycles. The summed E-state index contributed by atoms with van der Waals surface area (Å²) in [6.07, 6.45) is -10.1. The van der Waals surface area contributed by atoms with Crippen molar-refractivity contribution >= 4 is 0 Å². The Labute approximate surface area is 91.7 Å². The zero-order valence-corrected chi connectivity index (χ0v) is 8.15. The number of phenols is 1. The van der Waals surface area contributed by atoms with Gasteiger partial charge in [0, 0.05) is 6.54 Å². The van der Waals surface area contributed by atoms with Gasteiger partial charge in [-0.25, -0.2) is 0 Å². The predicted molar refractivity (Wildman–Crippen MR) is 46.0 cm³/mol. The molecule has 0 amide bonds. The minimum Gasteiger partial charge on any atom is -0.507 e. The van der Waals surface area contributed by atoms with Crippen molar-refractivity contribution in [1.29, 1.82) is 0 Å². The standard InChI is InChI=1S/C9H7F6NO/c10-8(11,12)5-1-4(3-16)2-6(7(5)17)9(13,14)15/h1-2,17H,3,16H2. The highest BCUT2D eigenvalue weighted by atomic mass is 19.4. The van der Waals surface area contributed by atoms with E-state index in [0.717, 1.165) is 0 Å². The summed E-state index contributed by atoms with van der Waals surface area (Å²) in [6, 6.07) is 0.787. The van der Waals surface area contributed by atoms with E-state index in [2.05, 4.69) is 0 Å². The summed E-state index contributed by atoms with van der Waals surface area (Å²) in [5.41, 5.74) is 1.16. The Bertz CT molecular complexity index is 387. The van der Waals surface area contributed by atoms with Gasteiger partial charge in [0.15, 0.2) is 0 Å². The number of alkyl halides is 6. The summed E-state index contributed by atoms with van der Waals surface area (Å²) in [5.74, 6) is -1.83. The molecule has 0 unspecified atom stereocenters. The normalized spacial score (nSPS) is 12.9. The molecule has 0 bridgehead atoms. The Balaban J connectivity index is 3.53. The zero-order valence-electron chi connectivity index (χ0n) is 8.15. The lowest BCUT2D eigenvalue weighted by Gasteiger charge is -2.16. The van der Waals surface area contributed by atoms with E-state index in [1.807, 2.05) is 0 Å². The summed E-state index contributed by atoms with van der Waals surface area (Å²) >= 11 is 0. The highest BCUT2D eigenvalue weighted by molar-refractivity contribution is 5.46. The molecular weight excluding hydrogens is 252 g/mol. The van der Waals surface area contributed by atoms with Gasteiger partial charge in [-0.2, -0.15) is 26.3 Å². The van der Waals surface area contributed by atoms with E-state index in [0.29, 0.717) is 12.1 Å². The van der Waals surface area contributed by atoms with Gasteiger partial charge in [0.1, 0.15) is 5.75 Å². The second-order valence-corrected chi connectivity index (χ2v) is 3.24. The molecule has 0 radical (unpaired) electrons. The fraction of sp³-hybridized carbons (Fsp3) is 0.333. The average molecular weight is 259 g/mol. The monoisotopic (exact) mass is 259 g/mol. The van der Waals surface area contributed by atoms with Gasteiger partial charge in [0.05, 0.1) is 11.1 Å². The molecular formula is C9H7F6NO. The van der Waals surface area contributed by atoms with Crippen LogP contribution in [0.4, 0.5) is 26.3 Å². The Morgan fingerprint density at radius 2 is 1.29 bits per heavy atom. The van der Waals surface area contributed by atoms with Crippen molar-refractivity contribution < 1.29 is 31.4 Å². The van der Waals surface area contributed by atoms with Crippen molar-refractivity contribution in [2.75, 3.05) is 0 Å². The third-order valence-electron chi connectivity index (χ3n) is 2.02. The molecule has 1 rings (SSSR count). The van der Waals surface area contributed by atoms with E-state index in [1.165, 1.54) is 0 Å². The molecule has 0 saturated carbocycles. The number of phenolic OH excluding ortho intramolecular Hbond substituents is 1. The van der Waals surface area contributed by atoms with Crippen molar-refractivity contribution in [3.05, 3.63) is 28.8 Å². The van der Waals surface area contributed by atoms with Crippen LogP contribution in [-0.4, -0.2) is 5.11 Å². The fourth-order valence-corrected chi connectivity index (χ4v) is 1.24. The lowest BCUT2D eigenvalue weighted by Crippen LogP contribution is -2.13. The Morgan fingerprint density at radius 1 is 0.941 bits per heavy atom. The summed E-state index contributed by atoms with van der Waals surface area (Å²) in [5, 5.41) is 9.00. The predicted octanol–water partition coefficient (Wildman–Crippen LogP) is 2.89. The second kappa shape index (κ2) is 4.10. The molecule has 8 heteroatoms. The van der Waals surface area contributed by atoms with E-state index in [9.17, 15) is 26.3 Å². The Hall–Kier alpha value is -1.44. The van der Waals surface area contributed by atoms with Crippen LogP contribution < -0.4 is 5.73 Å². The summed E-state index contributed by atoms with van der Waals surface area (Å²) in [7, 11) is 0. The first-order chi connectivity index (χ1) is 7.57. The van der Waals surface area contributed by atoms with Gasteiger partial charge in [-0.15, -0.1) is 0 Å². The van der Waals surface area contributed by atoms with Crippen molar-refractivity contribution in [2.45, 2.75) is 18.9 Å². The molecule has 0 atom stereocenters. The van der Waals surface area contributed by atoms with Crippen LogP contribution in [-0.2, 0) is 18.9 Å². The molecule has 0 spiro atoms. The van der Waals surface area contributed by atoms with Gasteiger partial charge in [-0.1, -0.05) is 0 Å². The van der Waals surface area contributed by atoms with Crippen LogP contribution in [0.25, 0.3) is 0 Å². The zero-order chi connectivity index (χ0) is 13.4. The molecule has 0 fully saturated rings. The second-order valence-electron chi connectivity index (χ2n) is 3.24. The minimum absolute atomic E-state index is 0.359. The molecule has 96 valence electrons. The van der Waals surface area contributed by atoms with Crippen LogP contribution in [0.15, 0.2) is 12.1 Å². The third-order valence-corrected chi connectivity index (χ3v) is 2.02. The molecule has 3 N–H and O–H groups in total. The largest absolute Gasteiger partial charge is 0.507 e. The lowest BCUT2D eigenvalue weighted by molar-refractivity contribution is -0.145. The number of hydrogen-bond acceptors (Lipinski definition) is 2. The highest BCUT2D eigenvalue weighted by Crippen LogP contribution is 2.44. The maximum atomic E-state index is 12.4. The lowest BCUT2D eigenvalue weighted by atomic mass is 10.0. The van der Waals surface area contributed by atoms with Gasteiger partial charge in [0.25, 0.3) is 0 Å². The van der Waals surface area contributed by atoms with E-state index in [4.69, 9.17) is 10.8 Å². The molecule has 1 aromatic rings. The van der Waals surface area contributed by atoms with E-state index in [-0.39, 0.29) is 5.56 Å². The van der Waals surface area contributed by atoms with Crippen molar-refractivity contribution in [3.63, 3.8) is 0 Å². The van der Waals surface area contributed by atoms with Crippen LogP contribution in [0.1, 0.15) is 16.7 Å². The molecule has 17 heavy (non-hydrogen) atoms. The summed E-state index contributed by atoms with van der Waals surface area (Å²) < 4.78 is 74.2. The first kappa shape index (κ1) is 13.6. The maximum Gasteiger partial charge on any atom is 0.419 e. The molecule has 2 nitrogen and oxygen atoms in total. The topological polar surface area (TPSA) is 46.2 Å². The SMILES string of the molecule is NCc1cc(C(F)(F)F)c(O)c(C(F)(F)F)c1. The van der Waals surface area contributed by atoms with Crippen LogP contribution in [0.3, 0.4) is 0 Å². The molecule has 1 aromatic carbocycles. The van der Waals surface area contributed by atoms with E-state index in [1.54, 1.807) is 0 Å². The van der Waals surface area contributed by atoms with Gasteiger partial charge in [-0.3, -0.25) is 0 Å². The van der Waals surface area contributed by atoms with Crippen LogP contribution in [0.5, 0.6) is 5.75 Å². The summed E-state index contributed by atoms with van der Waals surface area (Å²) in [4.78, 5) is 0. The van der Waals surface area contributed by atoms with Crippen LogP contribution >= 0.6 is 0 Å².